The number of fused-ring (bicyclic) bond motifs is 1. The Bertz CT molecular complexity index is 802. The van der Waals surface area contributed by atoms with E-state index in [0.717, 1.165) is 5.56 Å². The van der Waals surface area contributed by atoms with Gasteiger partial charge < -0.3 is 5.73 Å². The van der Waals surface area contributed by atoms with E-state index in [4.69, 9.17) is 5.73 Å². The van der Waals surface area contributed by atoms with Crippen molar-refractivity contribution in [2.24, 2.45) is 5.73 Å². The molecule has 0 spiro atoms. The fraction of sp³-hybridized carbons (Fsp3) is 0.176. The molecule has 2 N–H and O–H groups in total. The number of carbonyl (C=O) groups is 2. The number of para-hydroxylation sites is 1. The average Bonchev–Trinajstić information content (AvgIpc) is 2.94. The standard InChI is InChI=1S/C17H16N2O3S/c1-23(22)13-8-6-11(7-9-13)17(21)19-14-5-3-2-4-12(14)10-15(19)16(18)20/h2-9,15H,10H2,1H3,(H2,18,20)/t15-,23-/m0/s1. The summed E-state index contributed by atoms with van der Waals surface area (Å²) >= 11 is 0. The zero-order chi connectivity index (χ0) is 16.6. The Labute approximate surface area is 136 Å². The lowest BCUT2D eigenvalue weighted by Crippen LogP contribution is -2.46. The molecule has 0 saturated carbocycles. The molecule has 118 valence electrons. The maximum atomic E-state index is 12.8. The Hall–Kier alpha value is -2.47. The molecule has 0 fully saturated rings. The molecule has 2 aromatic carbocycles. The largest absolute Gasteiger partial charge is 0.368 e. The second kappa shape index (κ2) is 5.96. The Morgan fingerprint density at radius 1 is 1.13 bits per heavy atom. The third kappa shape index (κ3) is 2.77. The van der Waals surface area contributed by atoms with E-state index in [9.17, 15) is 13.8 Å². The van der Waals surface area contributed by atoms with Crippen molar-refractivity contribution in [1.82, 2.24) is 0 Å². The van der Waals surface area contributed by atoms with Gasteiger partial charge in [0.1, 0.15) is 6.04 Å². The van der Waals surface area contributed by atoms with Crippen molar-refractivity contribution in [3.63, 3.8) is 0 Å². The highest BCUT2D eigenvalue weighted by Gasteiger charge is 2.37. The number of nitrogens with two attached hydrogens (primary N) is 1. The number of hydrogen-bond acceptors (Lipinski definition) is 3. The number of anilines is 1. The summed E-state index contributed by atoms with van der Waals surface area (Å²) in [5.74, 6) is -0.812. The van der Waals surface area contributed by atoms with Crippen molar-refractivity contribution in [3.8, 4) is 0 Å². The molecule has 0 saturated heterocycles. The van der Waals surface area contributed by atoms with E-state index in [0.29, 0.717) is 22.6 Å². The number of amides is 2. The molecule has 2 aromatic rings. The van der Waals surface area contributed by atoms with Crippen molar-refractivity contribution < 1.29 is 13.8 Å². The second-order valence-corrected chi connectivity index (χ2v) is 6.78. The van der Waals surface area contributed by atoms with Crippen LogP contribution in [-0.4, -0.2) is 28.3 Å². The van der Waals surface area contributed by atoms with E-state index in [2.05, 4.69) is 0 Å². The second-order valence-electron chi connectivity index (χ2n) is 5.40. The Morgan fingerprint density at radius 2 is 1.78 bits per heavy atom. The van der Waals surface area contributed by atoms with Crippen LogP contribution in [0.25, 0.3) is 0 Å². The van der Waals surface area contributed by atoms with Crippen molar-refractivity contribution in [2.45, 2.75) is 17.4 Å². The van der Waals surface area contributed by atoms with Crippen LogP contribution in [-0.2, 0) is 22.0 Å². The van der Waals surface area contributed by atoms with Gasteiger partial charge in [-0.1, -0.05) is 18.2 Å². The number of nitrogens with zero attached hydrogens (tertiary/aromatic N) is 1. The third-order valence-electron chi connectivity index (χ3n) is 3.96. The molecule has 23 heavy (non-hydrogen) atoms. The zero-order valence-corrected chi connectivity index (χ0v) is 13.4. The molecule has 5 nitrogen and oxygen atoms in total. The number of carbonyl (C=O) groups excluding carboxylic acids is 2. The van der Waals surface area contributed by atoms with Crippen LogP contribution in [0.2, 0.25) is 0 Å². The van der Waals surface area contributed by atoms with E-state index < -0.39 is 22.7 Å². The Morgan fingerprint density at radius 3 is 2.39 bits per heavy atom. The van der Waals surface area contributed by atoms with Crippen molar-refractivity contribution in [1.29, 1.82) is 0 Å². The van der Waals surface area contributed by atoms with Gasteiger partial charge in [-0.15, -0.1) is 0 Å². The maximum Gasteiger partial charge on any atom is 0.259 e. The van der Waals surface area contributed by atoms with Crippen molar-refractivity contribution >= 4 is 28.3 Å². The van der Waals surface area contributed by atoms with Crippen LogP contribution in [0, 0.1) is 0 Å². The topological polar surface area (TPSA) is 80.5 Å². The van der Waals surface area contributed by atoms with E-state index in [1.54, 1.807) is 30.5 Å². The molecule has 0 aromatic heterocycles. The molecule has 2 atom stereocenters. The van der Waals surface area contributed by atoms with Crippen molar-refractivity contribution in [2.75, 3.05) is 11.2 Å². The van der Waals surface area contributed by atoms with Crippen LogP contribution in [0.5, 0.6) is 0 Å². The molecular formula is C17H16N2O3S. The van der Waals surface area contributed by atoms with Crippen LogP contribution >= 0.6 is 0 Å². The minimum atomic E-state index is -1.10. The van der Waals surface area contributed by atoms with Crippen LogP contribution in [0.3, 0.4) is 0 Å². The van der Waals surface area contributed by atoms with Gasteiger partial charge in [0.15, 0.2) is 0 Å². The summed E-state index contributed by atoms with van der Waals surface area (Å²) in [6.45, 7) is 0. The number of rotatable bonds is 3. The molecule has 1 aliphatic heterocycles. The first kappa shape index (κ1) is 15.4. The molecule has 0 bridgehead atoms. The monoisotopic (exact) mass is 328 g/mol. The zero-order valence-electron chi connectivity index (χ0n) is 12.6. The van der Waals surface area contributed by atoms with E-state index in [-0.39, 0.29) is 5.91 Å². The smallest absolute Gasteiger partial charge is 0.259 e. The highest BCUT2D eigenvalue weighted by atomic mass is 32.2. The summed E-state index contributed by atoms with van der Waals surface area (Å²) in [5, 5.41) is 0. The Kier molecular flexibility index (Phi) is 4.00. The minimum absolute atomic E-state index is 0.285. The molecule has 0 unspecified atom stereocenters. The van der Waals surface area contributed by atoms with Gasteiger partial charge in [-0.2, -0.15) is 0 Å². The van der Waals surface area contributed by atoms with Crippen molar-refractivity contribution in [3.05, 3.63) is 59.7 Å². The van der Waals surface area contributed by atoms with Gasteiger partial charge in [-0.25, -0.2) is 0 Å². The lowest BCUT2D eigenvalue weighted by atomic mass is 10.1. The number of hydrogen-bond donors (Lipinski definition) is 1. The van der Waals surface area contributed by atoms with Crippen LogP contribution < -0.4 is 10.6 Å². The average molecular weight is 328 g/mol. The molecule has 6 heteroatoms. The van der Waals surface area contributed by atoms with Gasteiger partial charge in [-0.3, -0.25) is 18.7 Å². The normalized spacial score (nSPS) is 17.6. The summed E-state index contributed by atoms with van der Waals surface area (Å²) in [4.78, 5) is 26.7. The highest BCUT2D eigenvalue weighted by Crippen LogP contribution is 2.33. The summed E-state index contributed by atoms with van der Waals surface area (Å²) in [7, 11) is -1.10. The lowest BCUT2D eigenvalue weighted by Gasteiger charge is -2.23. The lowest BCUT2D eigenvalue weighted by molar-refractivity contribution is -0.119. The molecular weight excluding hydrogens is 312 g/mol. The molecule has 1 aliphatic rings. The van der Waals surface area contributed by atoms with Crippen LogP contribution in [0.15, 0.2) is 53.4 Å². The SMILES string of the molecule is C[S@](=O)c1ccc(C(=O)N2c3ccccc3C[C@H]2C(N)=O)cc1. The predicted octanol–water partition coefficient (Wildman–Crippen LogP) is 1.48. The molecule has 0 aliphatic carbocycles. The fourth-order valence-electron chi connectivity index (χ4n) is 2.79. The number of primary amides is 1. The molecule has 2 amide bonds. The summed E-state index contributed by atoms with van der Waals surface area (Å²) < 4.78 is 11.4. The fourth-order valence-corrected chi connectivity index (χ4v) is 3.31. The minimum Gasteiger partial charge on any atom is -0.368 e. The Balaban J connectivity index is 1.99. The predicted molar refractivity (Wildman–Crippen MR) is 88.7 cm³/mol. The molecule has 3 rings (SSSR count). The van der Waals surface area contributed by atoms with Gasteiger partial charge in [0.05, 0.1) is 0 Å². The molecule has 1 heterocycles. The first-order chi connectivity index (χ1) is 11.0. The maximum absolute atomic E-state index is 12.8. The van der Waals surface area contributed by atoms with Crippen LogP contribution in [0.1, 0.15) is 15.9 Å². The van der Waals surface area contributed by atoms with Gasteiger partial charge in [0, 0.05) is 39.6 Å². The highest BCUT2D eigenvalue weighted by molar-refractivity contribution is 7.84. The first-order valence-electron chi connectivity index (χ1n) is 7.13. The number of benzene rings is 2. The summed E-state index contributed by atoms with van der Waals surface area (Å²) in [6.07, 6.45) is 2.00. The van der Waals surface area contributed by atoms with Crippen LogP contribution in [0.4, 0.5) is 5.69 Å². The van der Waals surface area contributed by atoms with E-state index in [1.807, 2.05) is 24.3 Å². The third-order valence-corrected chi connectivity index (χ3v) is 4.89. The van der Waals surface area contributed by atoms with Gasteiger partial charge in [0.2, 0.25) is 5.91 Å². The van der Waals surface area contributed by atoms with Gasteiger partial charge >= 0.3 is 0 Å². The van der Waals surface area contributed by atoms with Gasteiger partial charge in [0.25, 0.3) is 5.91 Å². The summed E-state index contributed by atoms with van der Waals surface area (Å²) in [6, 6.07) is 13.3. The van der Waals surface area contributed by atoms with Gasteiger partial charge in [-0.05, 0) is 35.9 Å². The van der Waals surface area contributed by atoms with E-state index in [1.165, 1.54) is 4.90 Å². The first-order valence-corrected chi connectivity index (χ1v) is 8.69. The van der Waals surface area contributed by atoms with E-state index >= 15 is 0 Å². The summed E-state index contributed by atoms with van der Waals surface area (Å²) in [5.41, 5.74) is 7.55. The quantitative estimate of drug-likeness (QED) is 0.927. The molecule has 0 radical (unpaired) electrons.